The summed E-state index contributed by atoms with van der Waals surface area (Å²) in [7, 11) is 0. The Morgan fingerprint density at radius 2 is 2.16 bits per heavy atom. The third-order valence-corrected chi connectivity index (χ3v) is 4.26. The summed E-state index contributed by atoms with van der Waals surface area (Å²) in [5.41, 5.74) is 1.40. The highest BCUT2D eigenvalue weighted by Crippen LogP contribution is 2.23. The van der Waals surface area contributed by atoms with Crippen LogP contribution < -0.4 is 10.6 Å². The number of anilines is 2. The van der Waals surface area contributed by atoms with Crippen molar-refractivity contribution in [2.24, 2.45) is 0 Å². The average molecular weight is 341 g/mol. The van der Waals surface area contributed by atoms with Crippen molar-refractivity contribution in [3.8, 4) is 0 Å². The first-order valence-corrected chi connectivity index (χ1v) is 7.97. The molecule has 0 aromatic carbocycles. The molecule has 0 aliphatic carbocycles. The molecular weight excluding hydrogens is 324 g/mol. The Morgan fingerprint density at radius 3 is 2.89 bits per heavy atom. The summed E-state index contributed by atoms with van der Waals surface area (Å²) in [6.07, 6.45) is 2.83. The van der Waals surface area contributed by atoms with Gasteiger partial charge in [0.05, 0.1) is 11.0 Å². The molecule has 0 bridgehead atoms. The van der Waals surface area contributed by atoms with Crippen molar-refractivity contribution in [2.45, 2.75) is 26.8 Å². The molecule has 0 radical (unpaired) electrons. The first-order chi connectivity index (χ1) is 9.24. The van der Waals surface area contributed by atoms with E-state index in [0.29, 0.717) is 5.95 Å². The molecule has 0 aliphatic rings. The summed E-state index contributed by atoms with van der Waals surface area (Å²) in [6.45, 7) is 5.81. The van der Waals surface area contributed by atoms with Crippen LogP contribution in [0.1, 0.15) is 24.3 Å². The van der Waals surface area contributed by atoms with Crippen LogP contribution in [0.5, 0.6) is 0 Å². The van der Waals surface area contributed by atoms with E-state index in [1.165, 1.54) is 10.4 Å². The van der Waals surface area contributed by atoms with Crippen molar-refractivity contribution in [3.63, 3.8) is 0 Å². The molecule has 2 rings (SSSR count). The Hall–Kier alpha value is -1.14. The Labute approximate surface area is 125 Å². The topological polar surface area (TPSA) is 49.8 Å². The van der Waals surface area contributed by atoms with Gasteiger partial charge in [0.2, 0.25) is 5.95 Å². The van der Waals surface area contributed by atoms with Crippen LogP contribution in [-0.2, 0) is 13.0 Å². The Kier molecular flexibility index (Phi) is 5.15. The van der Waals surface area contributed by atoms with E-state index in [9.17, 15) is 0 Å². The van der Waals surface area contributed by atoms with Crippen LogP contribution >= 0.6 is 27.3 Å². The highest BCUT2D eigenvalue weighted by molar-refractivity contribution is 9.10. The largest absolute Gasteiger partial charge is 0.364 e. The second kappa shape index (κ2) is 6.86. The number of thiophene rings is 1. The highest BCUT2D eigenvalue weighted by atomic mass is 79.9. The van der Waals surface area contributed by atoms with Gasteiger partial charge in [0, 0.05) is 17.6 Å². The fraction of sp³-hybridized carbons (Fsp3) is 0.385. The van der Waals surface area contributed by atoms with Crippen LogP contribution in [0.15, 0.2) is 22.1 Å². The molecule has 0 saturated carbocycles. The molecule has 0 fully saturated rings. The number of nitrogens with zero attached hydrogens (tertiary/aromatic N) is 2. The van der Waals surface area contributed by atoms with Gasteiger partial charge in [-0.15, -0.1) is 11.3 Å². The molecule has 2 N–H and O–H groups in total. The quantitative estimate of drug-likeness (QED) is 0.836. The van der Waals surface area contributed by atoms with Crippen LogP contribution in [-0.4, -0.2) is 16.5 Å². The number of halogens is 1. The number of aryl methyl sites for hydroxylation is 1. The first kappa shape index (κ1) is 14.3. The van der Waals surface area contributed by atoms with E-state index in [1.54, 1.807) is 17.5 Å². The summed E-state index contributed by atoms with van der Waals surface area (Å²) >= 11 is 5.25. The monoisotopic (exact) mass is 340 g/mol. The number of hydrogen-bond donors (Lipinski definition) is 2. The van der Waals surface area contributed by atoms with Crippen molar-refractivity contribution in [1.82, 2.24) is 9.97 Å². The van der Waals surface area contributed by atoms with Gasteiger partial charge in [-0.3, -0.25) is 0 Å². The molecule has 4 nitrogen and oxygen atoms in total. The molecule has 2 heterocycles. The van der Waals surface area contributed by atoms with Crippen LogP contribution in [0.4, 0.5) is 11.8 Å². The third-order valence-electron chi connectivity index (χ3n) is 2.71. The van der Waals surface area contributed by atoms with E-state index >= 15 is 0 Å². The second-order valence-electron chi connectivity index (χ2n) is 4.00. The molecule has 6 heteroatoms. The SMILES string of the molecule is CCNc1ncc(Br)c(NCc2sccc2CC)n1. The third kappa shape index (κ3) is 3.67. The van der Waals surface area contributed by atoms with Crippen molar-refractivity contribution in [1.29, 1.82) is 0 Å². The average Bonchev–Trinajstić information content (AvgIpc) is 2.87. The maximum Gasteiger partial charge on any atom is 0.224 e. The van der Waals surface area contributed by atoms with E-state index in [-0.39, 0.29) is 0 Å². The summed E-state index contributed by atoms with van der Waals surface area (Å²) in [6, 6.07) is 2.18. The molecule has 0 atom stereocenters. The van der Waals surface area contributed by atoms with E-state index < -0.39 is 0 Å². The van der Waals surface area contributed by atoms with E-state index in [1.807, 2.05) is 6.92 Å². The van der Waals surface area contributed by atoms with Gasteiger partial charge in [0.1, 0.15) is 5.82 Å². The van der Waals surface area contributed by atoms with Gasteiger partial charge in [-0.05, 0) is 46.3 Å². The Balaban J connectivity index is 2.08. The molecule has 0 amide bonds. The number of hydrogen-bond acceptors (Lipinski definition) is 5. The normalized spacial score (nSPS) is 10.5. The zero-order chi connectivity index (χ0) is 13.7. The summed E-state index contributed by atoms with van der Waals surface area (Å²) < 4.78 is 0.878. The molecule has 2 aromatic rings. The zero-order valence-corrected chi connectivity index (χ0v) is 13.4. The lowest BCUT2D eigenvalue weighted by Gasteiger charge is -2.09. The highest BCUT2D eigenvalue weighted by Gasteiger charge is 2.07. The predicted molar refractivity (Wildman–Crippen MR) is 84.9 cm³/mol. The minimum atomic E-state index is 0.648. The Bertz CT molecular complexity index is 541. The molecule has 0 spiro atoms. The van der Waals surface area contributed by atoms with Gasteiger partial charge in [-0.25, -0.2) is 4.98 Å². The molecule has 19 heavy (non-hydrogen) atoms. The van der Waals surface area contributed by atoms with Crippen molar-refractivity contribution in [2.75, 3.05) is 17.2 Å². The van der Waals surface area contributed by atoms with Crippen LogP contribution in [0.2, 0.25) is 0 Å². The van der Waals surface area contributed by atoms with Crippen LogP contribution in [0.3, 0.4) is 0 Å². The minimum Gasteiger partial charge on any atom is -0.364 e. The van der Waals surface area contributed by atoms with Crippen LogP contribution in [0, 0.1) is 0 Å². The van der Waals surface area contributed by atoms with Crippen molar-refractivity contribution < 1.29 is 0 Å². The van der Waals surface area contributed by atoms with Gasteiger partial charge in [-0.2, -0.15) is 4.98 Å². The molecule has 0 saturated heterocycles. The van der Waals surface area contributed by atoms with Gasteiger partial charge in [0.15, 0.2) is 0 Å². The number of rotatable bonds is 6. The van der Waals surface area contributed by atoms with E-state index in [2.05, 4.69) is 54.9 Å². The molecule has 0 aliphatic heterocycles. The summed E-state index contributed by atoms with van der Waals surface area (Å²) in [5.74, 6) is 1.47. The maximum atomic E-state index is 4.44. The summed E-state index contributed by atoms with van der Waals surface area (Å²) in [4.78, 5) is 10.0. The molecule has 2 aromatic heterocycles. The minimum absolute atomic E-state index is 0.648. The smallest absolute Gasteiger partial charge is 0.224 e. The van der Waals surface area contributed by atoms with Gasteiger partial charge < -0.3 is 10.6 Å². The zero-order valence-electron chi connectivity index (χ0n) is 11.0. The number of nitrogens with one attached hydrogen (secondary N) is 2. The maximum absolute atomic E-state index is 4.44. The summed E-state index contributed by atoms with van der Waals surface area (Å²) in [5, 5.41) is 8.61. The molecule has 102 valence electrons. The van der Waals surface area contributed by atoms with Crippen LogP contribution in [0.25, 0.3) is 0 Å². The lowest BCUT2D eigenvalue weighted by Crippen LogP contribution is -2.07. The fourth-order valence-electron chi connectivity index (χ4n) is 1.74. The van der Waals surface area contributed by atoms with E-state index in [0.717, 1.165) is 29.8 Å². The molecular formula is C13H17BrN4S. The van der Waals surface area contributed by atoms with Gasteiger partial charge in [0.25, 0.3) is 0 Å². The van der Waals surface area contributed by atoms with Crippen molar-refractivity contribution >= 4 is 39.0 Å². The van der Waals surface area contributed by atoms with Gasteiger partial charge >= 0.3 is 0 Å². The Morgan fingerprint density at radius 1 is 1.32 bits per heavy atom. The first-order valence-electron chi connectivity index (χ1n) is 6.30. The lowest BCUT2D eigenvalue weighted by molar-refractivity contribution is 1.03. The fourth-order valence-corrected chi connectivity index (χ4v) is 2.98. The number of aromatic nitrogens is 2. The predicted octanol–water partition coefficient (Wildman–Crippen LogP) is 3.91. The molecule has 0 unspecified atom stereocenters. The standard InChI is InChI=1S/C13H17BrN4S/c1-3-9-5-6-19-11(9)8-16-12-10(14)7-17-13(18-12)15-4-2/h5-7H,3-4,8H2,1-2H3,(H2,15,16,17,18). The van der Waals surface area contributed by atoms with E-state index in [4.69, 9.17) is 0 Å². The second-order valence-corrected chi connectivity index (χ2v) is 5.85. The van der Waals surface area contributed by atoms with Gasteiger partial charge in [-0.1, -0.05) is 6.92 Å². The lowest BCUT2D eigenvalue weighted by atomic mass is 10.2. The van der Waals surface area contributed by atoms with Crippen molar-refractivity contribution in [3.05, 3.63) is 32.6 Å².